The first kappa shape index (κ1) is 13.0. The normalized spacial score (nSPS) is 22.6. The van der Waals surface area contributed by atoms with Gasteiger partial charge in [-0.3, -0.25) is 0 Å². The van der Waals surface area contributed by atoms with E-state index >= 15 is 0 Å². The number of imidazole rings is 1. The Morgan fingerprint density at radius 3 is 2.42 bits per heavy atom. The monoisotopic (exact) mass is 274 g/mol. The van der Waals surface area contributed by atoms with Crippen LogP contribution in [0.4, 0.5) is 13.2 Å². The summed E-state index contributed by atoms with van der Waals surface area (Å²) >= 11 is 0. The maximum absolute atomic E-state index is 12.8. The fourth-order valence-electron chi connectivity index (χ4n) is 3.03. The van der Waals surface area contributed by atoms with Gasteiger partial charge in [-0.25, -0.2) is 4.98 Å². The van der Waals surface area contributed by atoms with Crippen molar-refractivity contribution < 1.29 is 17.9 Å². The largest absolute Gasteiger partial charge is 0.434 e. The Kier molecular flexibility index (Phi) is 2.71. The molecule has 19 heavy (non-hydrogen) atoms. The van der Waals surface area contributed by atoms with E-state index in [9.17, 15) is 13.2 Å². The molecule has 1 saturated carbocycles. The topological polar surface area (TPSA) is 27.1 Å². The lowest BCUT2D eigenvalue weighted by Crippen LogP contribution is -2.52. The highest BCUT2D eigenvalue weighted by Crippen LogP contribution is 2.53. The van der Waals surface area contributed by atoms with Crippen molar-refractivity contribution in [3.05, 3.63) is 17.7 Å². The van der Waals surface area contributed by atoms with Gasteiger partial charge in [0.15, 0.2) is 5.69 Å². The van der Waals surface area contributed by atoms with E-state index in [-0.39, 0.29) is 17.4 Å². The summed E-state index contributed by atoms with van der Waals surface area (Å²) < 4.78 is 45.2. The number of ether oxygens (including phenoxy) is 1. The van der Waals surface area contributed by atoms with Crippen LogP contribution in [0.5, 0.6) is 0 Å². The van der Waals surface area contributed by atoms with Gasteiger partial charge in [-0.1, -0.05) is 13.8 Å². The summed E-state index contributed by atoms with van der Waals surface area (Å²) in [5.41, 5.74) is -0.538. The Morgan fingerprint density at radius 2 is 2.00 bits per heavy atom. The van der Waals surface area contributed by atoms with E-state index in [1.165, 1.54) is 6.20 Å². The Bertz CT molecular complexity index is 481. The molecule has 1 aromatic heterocycles. The number of hydrogen-bond acceptors (Lipinski definition) is 2. The van der Waals surface area contributed by atoms with Crippen LogP contribution in [0.25, 0.3) is 0 Å². The van der Waals surface area contributed by atoms with Gasteiger partial charge in [-0.15, -0.1) is 0 Å². The fraction of sp³-hybridized carbons (Fsp3) is 0.769. The summed E-state index contributed by atoms with van der Waals surface area (Å²) in [5.74, 6) is 0.526. The molecule has 1 saturated heterocycles. The number of alkyl halides is 3. The van der Waals surface area contributed by atoms with Crippen LogP contribution in [-0.4, -0.2) is 22.8 Å². The van der Waals surface area contributed by atoms with E-state index in [0.29, 0.717) is 5.82 Å². The lowest BCUT2D eigenvalue weighted by molar-refractivity contribution is -0.175. The molecule has 3 rings (SSSR count). The lowest BCUT2D eigenvalue weighted by atomic mass is 9.64. The minimum absolute atomic E-state index is 0.00899. The zero-order chi connectivity index (χ0) is 13.8. The minimum Gasteiger partial charge on any atom is -0.380 e. The van der Waals surface area contributed by atoms with Crippen molar-refractivity contribution >= 4 is 0 Å². The first-order valence-electron chi connectivity index (χ1n) is 6.54. The second kappa shape index (κ2) is 3.98. The summed E-state index contributed by atoms with van der Waals surface area (Å²) in [4.78, 5) is 3.78. The van der Waals surface area contributed by atoms with E-state index in [2.05, 4.69) is 4.98 Å². The van der Waals surface area contributed by atoms with Crippen LogP contribution in [0.3, 0.4) is 0 Å². The van der Waals surface area contributed by atoms with Gasteiger partial charge in [0.1, 0.15) is 5.82 Å². The zero-order valence-corrected chi connectivity index (χ0v) is 11.0. The first-order chi connectivity index (χ1) is 8.81. The predicted molar refractivity (Wildman–Crippen MR) is 62.8 cm³/mol. The van der Waals surface area contributed by atoms with Crippen LogP contribution in [0.15, 0.2) is 6.20 Å². The predicted octanol–water partition coefficient (Wildman–Crippen LogP) is 3.38. The Balaban J connectivity index is 1.85. The molecule has 0 aromatic carbocycles. The standard InChI is InChI=1S/C13H17F3N2O/c1-8(2)11-17-10(13(14,15)16)5-18(11)9-3-12(4-9)6-19-7-12/h5,8-9H,3-4,6-7H2,1-2H3. The van der Waals surface area contributed by atoms with Crippen molar-refractivity contribution in [3.63, 3.8) is 0 Å². The average molecular weight is 274 g/mol. The van der Waals surface area contributed by atoms with Crippen LogP contribution < -0.4 is 0 Å². The Morgan fingerprint density at radius 1 is 1.37 bits per heavy atom. The minimum atomic E-state index is -4.37. The summed E-state index contributed by atoms with van der Waals surface area (Å²) in [6.45, 7) is 5.25. The smallest absolute Gasteiger partial charge is 0.380 e. The van der Waals surface area contributed by atoms with Crippen LogP contribution >= 0.6 is 0 Å². The Hall–Kier alpha value is -1.04. The molecule has 6 heteroatoms. The third kappa shape index (κ3) is 2.06. The molecule has 0 unspecified atom stereocenters. The van der Waals surface area contributed by atoms with Crippen LogP contribution in [-0.2, 0) is 10.9 Å². The third-order valence-electron chi connectivity index (χ3n) is 4.11. The molecule has 106 valence electrons. The number of halogens is 3. The SMILES string of the molecule is CC(C)c1nc(C(F)(F)F)cn1C1CC2(COC2)C1. The summed E-state index contributed by atoms with van der Waals surface area (Å²) in [7, 11) is 0. The lowest BCUT2D eigenvalue weighted by Gasteiger charge is -2.53. The molecule has 0 bridgehead atoms. The number of nitrogens with zero attached hydrogens (tertiary/aromatic N) is 2. The van der Waals surface area contributed by atoms with Gasteiger partial charge in [0.2, 0.25) is 0 Å². The Labute approximate surface area is 109 Å². The van der Waals surface area contributed by atoms with Gasteiger partial charge in [-0.2, -0.15) is 13.2 Å². The van der Waals surface area contributed by atoms with Gasteiger partial charge < -0.3 is 9.30 Å². The van der Waals surface area contributed by atoms with Gasteiger partial charge >= 0.3 is 6.18 Å². The zero-order valence-electron chi connectivity index (χ0n) is 11.0. The molecule has 2 fully saturated rings. The molecular weight excluding hydrogens is 257 g/mol. The van der Waals surface area contributed by atoms with E-state index in [0.717, 1.165) is 26.1 Å². The van der Waals surface area contributed by atoms with Crippen molar-refractivity contribution in [3.8, 4) is 0 Å². The third-order valence-corrected chi connectivity index (χ3v) is 4.11. The quantitative estimate of drug-likeness (QED) is 0.826. The summed E-state index contributed by atoms with van der Waals surface area (Å²) in [6.07, 6.45) is -1.39. The highest BCUT2D eigenvalue weighted by Gasteiger charge is 2.51. The van der Waals surface area contributed by atoms with Crippen LogP contribution in [0, 0.1) is 5.41 Å². The fourth-order valence-corrected chi connectivity index (χ4v) is 3.03. The van der Waals surface area contributed by atoms with E-state index in [1.54, 1.807) is 4.57 Å². The molecule has 3 nitrogen and oxygen atoms in total. The number of aromatic nitrogens is 2. The van der Waals surface area contributed by atoms with Gasteiger partial charge in [-0.05, 0) is 12.8 Å². The molecule has 2 heterocycles. The van der Waals surface area contributed by atoms with Gasteiger partial charge in [0.05, 0.1) is 13.2 Å². The summed E-state index contributed by atoms with van der Waals surface area (Å²) in [6, 6.07) is 0.143. The molecule has 1 aromatic rings. The molecule has 1 spiro atoms. The second-order valence-corrected chi connectivity index (χ2v) is 6.10. The van der Waals surface area contributed by atoms with Gasteiger partial charge in [0, 0.05) is 23.6 Å². The molecule has 1 aliphatic heterocycles. The van der Waals surface area contributed by atoms with E-state index in [1.807, 2.05) is 13.8 Å². The van der Waals surface area contributed by atoms with Crippen LogP contribution in [0.2, 0.25) is 0 Å². The van der Waals surface area contributed by atoms with Crippen molar-refractivity contribution in [1.82, 2.24) is 9.55 Å². The second-order valence-electron chi connectivity index (χ2n) is 6.10. The van der Waals surface area contributed by atoms with Crippen LogP contribution in [0.1, 0.15) is 50.2 Å². The molecule has 1 aliphatic carbocycles. The number of rotatable bonds is 2. The summed E-state index contributed by atoms with van der Waals surface area (Å²) in [5, 5.41) is 0. The number of hydrogen-bond donors (Lipinski definition) is 0. The molecule has 0 amide bonds. The molecule has 0 atom stereocenters. The molecule has 0 radical (unpaired) electrons. The van der Waals surface area contributed by atoms with Crippen molar-refractivity contribution in [2.24, 2.45) is 5.41 Å². The van der Waals surface area contributed by atoms with Gasteiger partial charge in [0.25, 0.3) is 0 Å². The first-order valence-corrected chi connectivity index (χ1v) is 6.54. The highest BCUT2D eigenvalue weighted by atomic mass is 19.4. The average Bonchev–Trinajstić information content (AvgIpc) is 2.56. The molecule has 0 N–H and O–H groups in total. The van der Waals surface area contributed by atoms with E-state index in [4.69, 9.17) is 4.74 Å². The maximum atomic E-state index is 12.8. The maximum Gasteiger partial charge on any atom is 0.434 e. The molecule has 2 aliphatic rings. The van der Waals surface area contributed by atoms with Crippen molar-refractivity contribution in [1.29, 1.82) is 0 Å². The molecular formula is C13H17F3N2O. The van der Waals surface area contributed by atoms with Crippen molar-refractivity contribution in [2.45, 2.75) is 44.8 Å². The van der Waals surface area contributed by atoms with Crippen molar-refractivity contribution in [2.75, 3.05) is 13.2 Å². The van der Waals surface area contributed by atoms with E-state index < -0.39 is 11.9 Å². The highest BCUT2D eigenvalue weighted by molar-refractivity contribution is 5.14.